The van der Waals surface area contributed by atoms with Gasteiger partial charge in [-0.2, -0.15) is 0 Å². The number of hydrogen-bond acceptors (Lipinski definition) is 5. The maximum atomic E-state index is 12.8. The van der Waals surface area contributed by atoms with Crippen LogP contribution in [0.25, 0.3) is 11.2 Å². The predicted octanol–water partition coefficient (Wildman–Crippen LogP) is 1.23. The highest BCUT2D eigenvalue weighted by molar-refractivity contribution is 6.01. The van der Waals surface area contributed by atoms with E-state index < -0.39 is 6.04 Å². The number of benzene rings is 1. The fraction of sp³-hybridized carbons (Fsp3) is 0.286. The Morgan fingerprint density at radius 3 is 2.68 bits per heavy atom. The number of carbonyl (C=O) groups is 3. The summed E-state index contributed by atoms with van der Waals surface area (Å²) in [6, 6.07) is 12.0. The molecular formula is C21H22N6O4. The van der Waals surface area contributed by atoms with Gasteiger partial charge < -0.3 is 20.1 Å². The minimum absolute atomic E-state index is 0.0271. The standard InChI is InChI=1S/C21H22N6O4/c1-26(15-11-12-27(20(15)30)13-5-3-2-4-6-13)18(29)10-9-17(28)23-16-8-7-14-19(24-16)25-21(31)22-14/h2-8,15H,9-12H2,1H3,(H3,22,23,24,25,28,31)/t15-/m0/s1. The quantitative estimate of drug-likeness (QED) is 0.550. The first-order valence-corrected chi connectivity index (χ1v) is 9.93. The highest BCUT2D eigenvalue weighted by Gasteiger charge is 2.37. The van der Waals surface area contributed by atoms with Gasteiger partial charge in [-0.3, -0.25) is 19.4 Å². The molecule has 0 aliphatic carbocycles. The monoisotopic (exact) mass is 422 g/mol. The van der Waals surface area contributed by atoms with E-state index in [0.29, 0.717) is 24.1 Å². The Kier molecular flexibility index (Phi) is 5.52. The molecule has 3 N–H and O–H groups in total. The first-order chi connectivity index (χ1) is 14.9. The number of aromatic nitrogens is 3. The lowest BCUT2D eigenvalue weighted by atomic mass is 10.2. The van der Waals surface area contributed by atoms with Crippen LogP contribution < -0.4 is 15.9 Å². The first-order valence-electron chi connectivity index (χ1n) is 9.93. The van der Waals surface area contributed by atoms with Gasteiger partial charge in [0.05, 0.1) is 5.52 Å². The van der Waals surface area contributed by atoms with Crippen molar-refractivity contribution < 1.29 is 14.4 Å². The molecule has 1 aliphatic rings. The largest absolute Gasteiger partial charge is 0.334 e. The van der Waals surface area contributed by atoms with E-state index >= 15 is 0 Å². The van der Waals surface area contributed by atoms with Crippen LogP contribution in [0.15, 0.2) is 47.3 Å². The molecule has 3 aromatic rings. The van der Waals surface area contributed by atoms with E-state index in [4.69, 9.17) is 0 Å². The Morgan fingerprint density at radius 2 is 1.90 bits per heavy atom. The fourth-order valence-corrected chi connectivity index (χ4v) is 3.65. The number of likely N-dealkylation sites (N-methyl/N-ethyl adjacent to an activating group) is 1. The van der Waals surface area contributed by atoms with E-state index in [1.165, 1.54) is 4.90 Å². The second-order valence-corrected chi connectivity index (χ2v) is 7.35. The second kappa shape index (κ2) is 8.42. The van der Waals surface area contributed by atoms with Crippen LogP contribution >= 0.6 is 0 Å². The van der Waals surface area contributed by atoms with Gasteiger partial charge in [0.15, 0.2) is 5.65 Å². The number of anilines is 2. The molecule has 31 heavy (non-hydrogen) atoms. The van der Waals surface area contributed by atoms with E-state index in [0.717, 1.165) is 5.69 Å². The highest BCUT2D eigenvalue weighted by Crippen LogP contribution is 2.24. The summed E-state index contributed by atoms with van der Waals surface area (Å²) < 4.78 is 0. The molecule has 1 aliphatic heterocycles. The summed E-state index contributed by atoms with van der Waals surface area (Å²) in [7, 11) is 1.59. The molecule has 1 saturated heterocycles. The van der Waals surface area contributed by atoms with Crippen molar-refractivity contribution in [2.75, 3.05) is 23.8 Å². The van der Waals surface area contributed by atoms with Crippen LogP contribution in [-0.2, 0) is 14.4 Å². The summed E-state index contributed by atoms with van der Waals surface area (Å²) in [5, 5.41) is 2.61. The number of rotatable bonds is 6. The van der Waals surface area contributed by atoms with Crippen molar-refractivity contribution in [3.63, 3.8) is 0 Å². The van der Waals surface area contributed by atoms with Crippen molar-refractivity contribution in [1.29, 1.82) is 0 Å². The Balaban J connectivity index is 1.31. The minimum Gasteiger partial charge on any atom is -0.334 e. The summed E-state index contributed by atoms with van der Waals surface area (Å²) in [6.07, 6.45) is 0.470. The number of nitrogens with zero attached hydrogens (tertiary/aromatic N) is 3. The lowest BCUT2D eigenvalue weighted by molar-refractivity contribution is -0.137. The summed E-state index contributed by atoms with van der Waals surface area (Å²) in [4.78, 5) is 61.2. The van der Waals surface area contributed by atoms with E-state index in [1.54, 1.807) is 24.1 Å². The average Bonchev–Trinajstić information content (AvgIpc) is 3.33. The van der Waals surface area contributed by atoms with Gasteiger partial charge >= 0.3 is 5.69 Å². The van der Waals surface area contributed by atoms with Gasteiger partial charge in [-0.05, 0) is 30.7 Å². The minimum atomic E-state index is -0.537. The van der Waals surface area contributed by atoms with E-state index in [2.05, 4.69) is 20.3 Å². The van der Waals surface area contributed by atoms with Gasteiger partial charge in [-0.15, -0.1) is 0 Å². The molecule has 10 nitrogen and oxygen atoms in total. The van der Waals surface area contributed by atoms with Crippen LogP contribution in [0.4, 0.5) is 11.5 Å². The topological polar surface area (TPSA) is 131 Å². The molecule has 3 heterocycles. The maximum absolute atomic E-state index is 12.8. The number of fused-ring (bicyclic) bond motifs is 1. The van der Waals surface area contributed by atoms with Crippen LogP contribution in [0, 0.1) is 0 Å². The van der Waals surface area contributed by atoms with Crippen molar-refractivity contribution in [2.45, 2.75) is 25.3 Å². The molecule has 1 fully saturated rings. The normalized spacial score (nSPS) is 16.0. The van der Waals surface area contributed by atoms with Crippen LogP contribution in [0.5, 0.6) is 0 Å². The fourth-order valence-electron chi connectivity index (χ4n) is 3.65. The van der Waals surface area contributed by atoms with E-state index in [-0.39, 0.29) is 42.1 Å². The number of imidazole rings is 1. The Morgan fingerprint density at radius 1 is 1.13 bits per heavy atom. The van der Waals surface area contributed by atoms with Crippen molar-refractivity contribution in [2.24, 2.45) is 0 Å². The number of aromatic amines is 2. The molecule has 0 bridgehead atoms. The molecular weight excluding hydrogens is 400 g/mol. The molecule has 0 radical (unpaired) electrons. The number of pyridine rings is 1. The van der Waals surface area contributed by atoms with Crippen LogP contribution in [0.1, 0.15) is 19.3 Å². The van der Waals surface area contributed by atoms with Crippen LogP contribution in [0.2, 0.25) is 0 Å². The van der Waals surface area contributed by atoms with Crippen LogP contribution in [-0.4, -0.2) is 57.2 Å². The van der Waals surface area contributed by atoms with Crippen molar-refractivity contribution >= 4 is 40.4 Å². The number of amides is 3. The molecule has 0 saturated carbocycles. The van der Waals surface area contributed by atoms with Crippen molar-refractivity contribution in [3.8, 4) is 0 Å². The molecule has 160 valence electrons. The van der Waals surface area contributed by atoms with Crippen molar-refractivity contribution in [3.05, 3.63) is 52.9 Å². The summed E-state index contributed by atoms with van der Waals surface area (Å²) in [5.74, 6) is -0.501. The molecule has 10 heteroatoms. The number of hydrogen-bond donors (Lipinski definition) is 3. The number of H-pyrrole nitrogens is 2. The zero-order chi connectivity index (χ0) is 22.0. The summed E-state index contributed by atoms with van der Waals surface area (Å²) in [6.45, 7) is 0.543. The smallest absolute Gasteiger partial charge is 0.325 e. The van der Waals surface area contributed by atoms with Gasteiger partial charge in [0.1, 0.15) is 11.9 Å². The van der Waals surface area contributed by atoms with Gasteiger partial charge in [-0.25, -0.2) is 9.78 Å². The lowest BCUT2D eigenvalue weighted by Crippen LogP contribution is -2.43. The molecule has 0 unspecified atom stereocenters. The van der Waals surface area contributed by atoms with Gasteiger partial charge in [0.25, 0.3) is 0 Å². The number of nitrogens with one attached hydrogen (secondary N) is 3. The second-order valence-electron chi connectivity index (χ2n) is 7.35. The lowest BCUT2D eigenvalue weighted by Gasteiger charge is -2.24. The summed E-state index contributed by atoms with van der Waals surface area (Å²) in [5.41, 5.74) is 1.29. The molecule has 3 amide bonds. The first kappa shape index (κ1) is 20.3. The Hall–Kier alpha value is -3.95. The maximum Gasteiger partial charge on any atom is 0.325 e. The highest BCUT2D eigenvalue weighted by atomic mass is 16.2. The summed E-state index contributed by atoms with van der Waals surface area (Å²) >= 11 is 0. The molecule has 2 aromatic heterocycles. The zero-order valence-corrected chi connectivity index (χ0v) is 16.9. The number of para-hydroxylation sites is 1. The van der Waals surface area contributed by atoms with Crippen molar-refractivity contribution in [1.82, 2.24) is 19.9 Å². The third-order valence-corrected chi connectivity index (χ3v) is 5.31. The molecule has 1 atom stereocenters. The third-order valence-electron chi connectivity index (χ3n) is 5.31. The average molecular weight is 422 g/mol. The van der Waals surface area contributed by atoms with E-state index in [1.807, 2.05) is 30.3 Å². The van der Waals surface area contributed by atoms with E-state index in [9.17, 15) is 19.2 Å². The predicted molar refractivity (Wildman–Crippen MR) is 115 cm³/mol. The Bertz CT molecular complexity index is 1190. The molecule has 0 spiro atoms. The van der Waals surface area contributed by atoms with Gasteiger partial charge in [-0.1, -0.05) is 18.2 Å². The van der Waals surface area contributed by atoms with Crippen LogP contribution in [0.3, 0.4) is 0 Å². The zero-order valence-electron chi connectivity index (χ0n) is 16.9. The molecule has 4 rings (SSSR count). The Labute approximate surface area is 177 Å². The van der Waals surface area contributed by atoms with Gasteiger partial charge in [0, 0.05) is 32.1 Å². The SMILES string of the molecule is CN(C(=O)CCC(=O)Nc1ccc2[nH]c(=O)[nH]c2n1)[C@H]1CCN(c2ccccc2)C1=O. The number of carbonyl (C=O) groups excluding carboxylic acids is 3. The van der Waals surface area contributed by atoms with Gasteiger partial charge in [0.2, 0.25) is 17.7 Å². The third kappa shape index (κ3) is 4.32. The molecule has 1 aromatic carbocycles.